The Morgan fingerprint density at radius 3 is 0.982 bits per heavy atom. The number of hydrogen-bond acceptors (Lipinski definition) is 6. The molecular formula is C50H30N4O2. The molecule has 0 atom stereocenters. The molecule has 0 aliphatic carbocycles. The zero-order valence-electron chi connectivity index (χ0n) is 29.9. The van der Waals surface area contributed by atoms with Crippen LogP contribution >= 0.6 is 0 Å². The van der Waals surface area contributed by atoms with E-state index in [-0.39, 0.29) is 0 Å². The molecule has 0 aliphatic rings. The maximum Gasteiger partial charge on any atom is 0.160 e. The van der Waals surface area contributed by atoms with Crippen LogP contribution in [0.3, 0.4) is 0 Å². The maximum absolute atomic E-state index is 6.43. The molecule has 262 valence electrons. The Bertz CT molecular complexity index is 2900. The minimum absolute atomic E-state index is 0.678. The third-order valence-electron chi connectivity index (χ3n) is 10.3. The molecule has 0 bridgehead atoms. The van der Waals surface area contributed by atoms with Crippen LogP contribution in [0.5, 0.6) is 0 Å². The van der Waals surface area contributed by atoms with Gasteiger partial charge >= 0.3 is 0 Å². The van der Waals surface area contributed by atoms with Crippen LogP contribution in [-0.4, -0.2) is 19.9 Å². The summed E-state index contributed by atoms with van der Waals surface area (Å²) >= 11 is 0. The van der Waals surface area contributed by atoms with Gasteiger partial charge in [-0.05, 0) is 54.6 Å². The van der Waals surface area contributed by atoms with Gasteiger partial charge in [-0.15, -0.1) is 0 Å². The molecule has 11 aromatic rings. The van der Waals surface area contributed by atoms with Crippen LogP contribution in [0.15, 0.2) is 191 Å². The third-order valence-corrected chi connectivity index (χ3v) is 10.3. The smallest absolute Gasteiger partial charge is 0.160 e. The van der Waals surface area contributed by atoms with E-state index in [4.69, 9.17) is 28.8 Å². The highest BCUT2D eigenvalue weighted by molar-refractivity contribution is 6.16. The highest BCUT2D eigenvalue weighted by Crippen LogP contribution is 2.40. The predicted molar refractivity (Wildman–Crippen MR) is 225 cm³/mol. The van der Waals surface area contributed by atoms with Gasteiger partial charge in [0.2, 0.25) is 0 Å². The van der Waals surface area contributed by atoms with Gasteiger partial charge in [-0.25, -0.2) is 19.9 Å². The quantitative estimate of drug-likeness (QED) is 0.170. The van der Waals surface area contributed by atoms with E-state index in [0.29, 0.717) is 11.6 Å². The summed E-state index contributed by atoms with van der Waals surface area (Å²) in [5.41, 5.74) is 12.5. The zero-order chi connectivity index (χ0) is 37.0. The number of benzene rings is 7. The van der Waals surface area contributed by atoms with Crippen LogP contribution in [0.1, 0.15) is 0 Å². The molecule has 0 N–H and O–H groups in total. The van der Waals surface area contributed by atoms with Gasteiger partial charge < -0.3 is 8.83 Å². The first-order valence-corrected chi connectivity index (χ1v) is 18.5. The highest BCUT2D eigenvalue weighted by Gasteiger charge is 2.18. The fourth-order valence-electron chi connectivity index (χ4n) is 7.50. The van der Waals surface area contributed by atoms with Crippen LogP contribution in [0.25, 0.3) is 112 Å². The third kappa shape index (κ3) is 5.60. The van der Waals surface area contributed by atoms with Gasteiger partial charge in [0, 0.05) is 61.0 Å². The normalized spacial score (nSPS) is 11.6. The molecule has 56 heavy (non-hydrogen) atoms. The van der Waals surface area contributed by atoms with Gasteiger partial charge in [-0.3, -0.25) is 0 Å². The van der Waals surface area contributed by atoms with E-state index in [9.17, 15) is 0 Å². The summed E-state index contributed by atoms with van der Waals surface area (Å²) in [6.45, 7) is 0. The van der Waals surface area contributed by atoms with E-state index in [1.807, 2.05) is 115 Å². The average Bonchev–Trinajstić information content (AvgIpc) is 3.82. The standard InChI is InChI=1S/C50H30N4O2/c1-5-13-31(14-6-1)41-28-43(53-49(51-41)33-17-9-3-10-18-33)35-21-23-45-37(25-35)39-27-40-38-26-36(22-24-46(38)56-48(40)30-47(39)55-45)44-29-42(32-15-7-2-8-16-32)52-50(54-44)34-19-11-4-12-20-34/h1-30H. The lowest BCUT2D eigenvalue weighted by atomic mass is 10.0. The maximum atomic E-state index is 6.43. The molecule has 11 rings (SSSR count). The molecule has 0 saturated heterocycles. The van der Waals surface area contributed by atoms with Crippen molar-refractivity contribution in [1.29, 1.82) is 0 Å². The lowest BCUT2D eigenvalue weighted by Gasteiger charge is -2.09. The Labute approximate surface area is 321 Å². The zero-order valence-corrected chi connectivity index (χ0v) is 29.9. The monoisotopic (exact) mass is 718 g/mol. The Morgan fingerprint density at radius 2 is 0.589 bits per heavy atom. The Hall–Kier alpha value is -7.70. The minimum Gasteiger partial charge on any atom is -0.456 e. The summed E-state index contributed by atoms with van der Waals surface area (Å²) in [7, 11) is 0. The molecular weight excluding hydrogens is 689 g/mol. The second-order valence-electron chi connectivity index (χ2n) is 13.9. The molecule has 0 amide bonds. The minimum atomic E-state index is 0.678. The number of fused-ring (bicyclic) bond motifs is 6. The van der Waals surface area contributed by atoms with Crippen LogP contribution < -0.4 is 0 Å². The number of furan rings is 2. The van der Waals surface area contributed by atoms with Crippen molar-refractivity contribution in [3.63, 3.8) is 0 Å². The van der Waals surface area contributed by atoms with Crippen molar-refractivity contribution in [2.45, 2.75) is 0 Å². The first-order valence-electron chi connectivity index (χ1n) is 18.5. The molecule has 0 aliphatic heterocycles. The van der Waals surface area contributed by atoms with Crippen molar-refractivity contribution in [1.82, 2.24) is 19.9 Å². The van der Waals surface area contributed by atoms with Gasteiger partial charge in [-0.2, -0.15) is 0 Å². The summed E-state index contributed by atoms with van der Waals surface area (Å²) in [5.74, 6) is 1.36. The van der Waals surface area contributed by atoms with Gasteiger partial charge in [0.15, 0.2) is 11.6 Å². The van der Waals surface area contributed by atoms with Gasteiger partial charge in [0.25, 0.3) is 0 Å². The summed E-state index contributed by atoms with van der Waals surface area (Å²) in [6, 6.07) is 61.5. The van der Waals surface area contributed by atoms with E-state index in [1.54, 1.807) is 0 Å². The molecule has 7 aromatic carbocycles. The topological polar surface area (TPSA) is 77.8 Å². The van der Waals surface area contributed by atoms with Crippen molar-refractivity contribution >= 4 is 43.9 Å². The van der Waals surface area contributed by atoms with Crippen molar-refractivity contribution in [3.05, 3.63) is 182 Å². The highest BCUT2D eigenvalue weighted by atomic mass is 16.3. The molecule has 0 fully saturated rings. The summed E-state index contributed by atoms with van der Waals surface area (Å²) in [4.78, 5) is 20.1. The van der Waals surface area contributed by atoms with Crippen molar-refractivity contribution in [2.24, 2.45) is 0 Å². The predicted octanol–water partition coefficient (Wildman–Crippen LogP) is 13.1. The number of hydrogen-bond donors (Lipinski definition) is 0. The molecule has 4 aromatic heterocycles. The van der Waals surface area contributed by atoms with Crippen molar-refractivity contribution in [3.8, 4) is 67.8 Å². The van der Waals surface area contributed by atoms with Gasteiger partial charge in [0.05, 0.1) is 22.8 Å². The van der Waals surface area contributed by atoms with Crippen LogP contribution in [0, 0.1) is 0 Å². The van der Waals surface area contributed by atoms with Crippen molar-refractivity contribution in [2.75, 3.05) is 0 Å². The molecule has 0 unspecified atom stereocenters. The average molecular weight is 719 g/mol. The fraction of sp³-hybridized carbons (Fsp3) is 0. The summed E-state index contributed by atoms with van der Waals surface area (Å²) < 4.78 is 12.9. The first-order chi connectivity index (χ1) is 27.7. The number of rotatable bonds is 6. The van der Waals surface area contributed by atoms with E-state index >= 15 is 0 Å². The van der Waals surface area contributed by atoms with Crippen LogP contribution in [-0.2, 0) is 0 Å². The summed E-state index contributed by atoms with van der Waals surface area (Å²) in [5, 5.41) is 4.01. The first kappa shape index (κ1) is 31.8. The molecule has 0 spiro atoms. The van der Waals surface area contributed by atoms with E-state index in [2.05, 4.69) is 66.7 Å². The summed E-state index contributed by atoms with van der Waals surface area (Å²) in [6.07, 6.45) is 0. The number of nitrogens with zero attached hydrogens (tertiary/aromatic N) is 4. The van der Waals surface area contributed by atoms with Crippen LogP contribution in [0.4, 0.5) is 0 Å². The second kappa shape index (κ2) is 13.0. The Balaban J connectivity index is 1.05. The molecule has 0 saturated carbocycles. The number of aromatic nitrogens is 4. The SMILES string of the molecule is c1ccc(-c2cc(-c3ccc4oc5cc6oc7ccc(-c8cc(-c9ccccc9)nc(-c9ccccc9)n8)cc7c6cc5c4c3)nc(-c3ccccc3)n2)cc1. The lowest BCUT2D eigenvalue weighted by molar-refractivity contribution is 0.656. The molecule has 4 heterocycles. The van der Waals surface area contributed by atoms with E-state index in [1.165, 1.54) is 0 Å². The van der Waals surface area contributed by atoms with Gasteiger partial charge in [0.1, 0.15) is 22.3 Å². The largest absolute Gasteiger partial charge is 0.456 e. The lowest BCUT2D eigenvalue weighted by Crippen LogP contribution is -1.95. The van der Waals surface area contributed by atoms with E-state index in [0.717, 1.165) is 100 Å². The molecule has 6 nitrogen and oxygen atoms in total. The Kier molecular flexibility index (Phi) is 7.38. The fourth-order valence-corrected chi connectivity index (χ4v) is 7.50. The second-order valence-corrected chi connectivity index (χ2v) is 13.9. The van der Waals surface area contributed by atoms with E-state index < -0.39 is 0 Å². The molecule has 0 radical (unpaired) electrons. The molecule has 6 heteroatoms. The van der Waals surface area contributed by atoms with Crippen LogP contribution in [0.2, 0.25) is 0 Å². The Morgan fingerprint density at radius 1 is 0.250 bits per heavy atom. The van der Waals surface area contributed by atoms with Gasteiger partial charge in [-0.1, -0.05) is 121 Å². The van der Waals surface area contributed by atoms with Crippen molar-refractivity contribution < 1.29 is 8.83 Å².